The Morgan fingerprint density at radius 1 is 1.25 bits per heavy atom. The molecule has 24 heavy (non-hydrogen) atoms. The molecule has 7 heteroatoms. The predicted molar refractivity (Wildman–Crippen MR) is 86.7 cm³/mol. The number of rotatable bonds is 2. The third-order valence-electron chi connectivity index (χ3n) is 4.40. The molecule has 1 amide bonds. The van der Waals surface area contributed by atoms with Crippen molar-refractivity contribution in [1.29, 1.82) is 0 Å². The summed E-state index contributed by atoms with van der Waals surface area (Å²) in [6.45, 7) is 4.79. The smallest absolute Gasteiger partial charge is 0.262 e. The molecule has 1 saturated heterocycles. The van der Waals surface area contributed by atoms with Crippen LogP contribution in [0.1, 0.15) is 21.6 Å². The van der Waals surface area contributed by atoms with Crippen molar-refractivity contribution >= 4 is 17.5 Å². The number of aryl methyl sites for hydroxylation is 1. The number of hydrogen-bond acceptors (Lipinski definition) is 5. The van der Waals surface area contributed by atoms with Gasteiger partial charge in [0.1, 0.15) is 5.82 Å². The lowest BCUT2D eigenvalue weighted by Crippen LogP contribution is -2.37. The van der Waals surface area contributed by atoms with Crippen LogP contribution in [-0.4, -0.2) is 42.2 Å². The van der Waals surface area contributed by atoms with Crippen molar-refractivity contribution in [3.8, 4) is 0 Å². The van der Waals surface area contributed by atoms with Crippen molar-refractivity contribution in [2.45, 2.75) is 13.5 Å². The molecule has 3 heterocycles. The second-order valence-corrected chi connectivity index (χ2v) is 5.95. The molecule has 6 nitrogen and oxygen atoms in total. The Hall–Kier alpha value is -2.54. The fourth-order valence-corrected chi connectivity index (χ4v) is 2.95. The van der Waals surface area contributed by atoms with Crippen LogP contribution in [0.4, 0.5) is 16.0 Å². The zero-order valence-corrected chi connectivity index (χ0v) is 13.3. The first-order valence-corrected chi connectivity index (χ1v) is 7.90. The highest BCUT2D eigenvalue weighted by Crippen LogP contribution is 2.29. The summed E-state index contributed by atoms with van der Waals surface area (Å²) in [5.41, 5.74) is 2.25. The summed E-state index contributed by atoms with van der Waals surface area (Å²) in [6, 6.07) is 4.81. The van der Waals surface area contributed by atoms with Gasteiger partial charge in [0.25, 0.3) is 5.91 Å². The summed E-state index contributed by atoms with van der Waals surface area (Å²) in [7, 11) is 0. The second-order valence-electron chi connectivity index (χ2n) is 5.95. The maximum atomic E-state index is 13.8. The highest BCUT2D eigenvalue weighted by molar-refractivity contribution is 6.09. The Morgan fingerprint density at radius 2 is 2.04 bits per heavy atom. The number of amides is 1. The van der Waals surface area contributed by atoms with Gasteiger partial charge in [-0.1, -0.05) is 6.07 Å². The maximum Gasteiger partial charge on any atom is 0.262 e. The van der Waals surface area contributed by atoms with Crippen LogP contribution in [0.5, 0.6) is 0 Å². The van der Waals surface area contributed by atoms with Gasteiger partial charge in [0.05, 0.1) is 31.0 Å². The van der Waals surface area contributed by atoms with Crippen molar-refractivity contribution < 1.29 is 13.9 Å². The van der Waals surface area contributed by atoms with E-state index < -0.39 is 0 Å². The first kappa shape index (κ1) is 15.0. The van der Waals surface area contributed by atoms with Crippen LogP contribution in [0, 0.1) is 12.7 Å². The first-order chi connectivity index (χ1) is 11.6. The number of hydrogen-bond donors (Lipinski definition) is 0. The third-order valence-corrected chi connectivity index (χ3v) is 4.40. The molecule has 4 rings (SSSR count). The molecule has 0 aliphatic carbocycles. The number of anilines is 2. The van der Waals surface area contributed by atoms with Gasteiger partial charge in [-0.2, -0.15) is 0 Å². The second kappa shape index (κ2) is 5.83. The first-order valence-electron chi connectivity index (χ1n) is 7.90. The molecule has 0 unspecified atom stereocenters. The monoisotopic (exact) mass is 328 g/mol. The molecular formula is C17H17FN4O2. The molecule has 0 saturated carbocycles. The highest BCUT2D eigenvalue weighted by Gasteiger charge is 2.31. The topological polar surface area (TPSA) is 58.6 Å². The Balaban J connectivity index is 1.62. The molecule has 0 radical (unpaired) electrons. The summed E-state index contributed by atoms with van der Waals surface area (Å²) >= 11 is 0. The Bertz CT molecular complexity index is 805. The van der Waals surface area contributed by atoms with E-state index in [1.165, 1.54) is 11.0 Å². The van der Waals surface area contributed by atoms with Crippen LogP contribution in [0.2, 0.25) is 0 Å². The van der Waals surface area contributed by atoms with E-state index in [1.807, 2.05) is 4.90 Å². The molecule has 0 spiro atoms. The standard InChI is InChI=1S/C17H17FN4O2/c1-11-2-3-12(8-14(11)18)22-10-15-13(16(22)23)9-19-17(20-15)21-4-6-24-7-5-21/h2-3,8-9H,4-7,10H2,1H3. The quantitative estimate of drug-likeness (QED) is 0.843. The number of halogens is 1. The molecule has 0 atom stereocenters. The SMILES string of the molecule is Cc1ccc(N2Cc3nc(N4CCOCC4)ncc3C2=O)cc1F. The molecule has 1 aromatic heterocycles. The van der Waals surface area contributed by atoms with Gasteiger partial charge in [-0.3, -0.25) is 4.79 Å². The van der Waals surface area contributed by atoms with E-state index >= 15 is 0 Å². The zero-order valence-electron chi connectivity index (χ0n) is 13.3. The fourth-order valence-electron chi connectivity index (χ4n) is 2.95. The van der Waals surface area contributed by atoms with E-state index in [2.05, 4.69) is 9.97 Å². The third kappa shape index (κ3) is 2.50. The average Bonchev–Trinajstić information content (AvgIpc) is 2.94. The van der Waals surface area contributed by atoms with Crippen molar-refractivity contribution in [1.82, 2.24) is 9.97 Å². The van der Waals surface area contributed by atoms with Gasteiger partial charge in [0.2, 0.25) is 5.95 Å². The van der Waals surface area contributed by atoms with Gasteiger partial charge < -0.3 is 14.5 Å². The van der Waals surface area contributed by atoms with Gasteiger partial charge in [-0.05, 0) is 24.6 Å². The predicted octanol–water partition coefficient (Wildman–Crippen LogP) is 1.92. The fraction of sp³-hybridized carbons (Fsp3) is 0.353. The molecule has 0 bridgehead atoms. The van der Waals surface area contributed by atoms with Gasteiger partial charge in [0, 0.05) is 25.0 Å². The summed E-state index contributed by atoms with van der Waals surface area (Å²) in [5.74, 6) is 0.0971. The van der Waals surface area contributed by atoms with Gasteiger partial charge in [-0.25, -0.2) is 14.4 Å². The van der Waals surface area contributed by atoms with Crippen LogP contribution < -0.4 is 9.80 Å². The minimum Gasteiger partial charge on any atom is -0.378 e. The molecule has 124 valence electrons. The van der Waals surface area contributed by atoms with E-state index in [-0.39, 0.29) is 11.7 Å². The van der Waals surface area contributed by atoms with Gasteiger partial charge >= 0.3 is 0 Å². The lowest BCUT2D eigenvalue weighted by molar-refractivity contribution is 0.0996. The van der Waals surface area contributed by atoms with E-state index in [4.69, 9.17) is 4.74 Å². The number of aromatic nitrogens is 2. The lowest BCUT2D eigenvalue weighted by Gasteiger charge is -2.26. The largest absolute Gasteiger partial charge is 0.378 e. The van der Waals surface area contributed by atoms with E-state index in [0.29, 0.717) is 48.2 Å². The lowest BCUT2D eigenvalue weighted by atomic mass is 10.2. The summed E-state index contributed by atoms with van der Waals surface area (Å²) in [4.78, 5) is 25.0. The Labute approximate surface area is 138 Å². The Kier molecular flexibility index (Phi) is 3.65. The minimum absolute atomic E-state index is 0.193. The van der Waals surface area contributed by atoms with Crippen LogP contribution in [0.25, 0.3) is 0 Å². The van der Waals surface area contributed by atoms with E-state index in [9.17, 15) is 9.18 Å². The van der Waals surface area contributed by atoms with Crippen molar-refractivity contribution in [3.63, 3.8) is 0 Å². The van der Waals surface area contributed by atoms with Crippen LogP contribution in [0.3, 0.4) is 0 Å². The molecule has 2 aliphatic heterocycles. The number of nitrogens with zero attached hydrogens (tertiary/aromatic N) is 4. The number of ether oxygens (including phenoxy) is 1. The summed E-state index contributed by atoms with van der Waals surface area (Å²) in [5, 5.41) is 0. The maximum absolute atomic E-state index is 13.8. The zero-order chi connectivity index (χ0) is 16.7. The van der Waals surface area contributed by atoms with Crippen LogP contribution in [-0.2, 0) is 11.3 Å². The molecule has 2 aromatic rings. The summed E-state index contributed by atoms with van der Waals surface area (Å²) in [6.07, 6.45) is 1.57. The number of fused-ring (bicyclic) bond motifs is 1. The van der Waals surface area contributed by atoms with Crippen molar-refractivity contribution in [2.75, 3.05) is 36.1 Å². The van der Waals surface area contributed by atoms with Crippen LogP contribution in [0.15, 0.2) is 24.4 Å². The normalized spacial score (nSPS) is 17.3. The van der Waals surface area contributed by atoms with Crippen LogP contribution >= 0.6 is 0 Å². The van der Waals surface area contributed by atoms with E-state index in [1.54, 1.807) is 25.3 Å². The van der Waals surface area contributed by atoms with E-state index in [0.717, 1.165) is 13.1 Å². The summed E-state index contributed by atoms with van der Waals surface area (Å²) < 4.78 is 19.1. The molecule has 2 aliphatic rings. The molecule has 1 aromatic carbocycles. The van der Waals surface area contributed by atoms with Crippen molar-refractivity contribution in [2.24, 2.45) is 0 Å². The number of carbonyl (C=O) groups excluding carboxylic acids is 1. The molecule has 0 N–H and O–H groups in total. The minimum atomic E-state index is -0.323. The Morgan fingerprint density at radius 3 is 2.79 bits per heavy atom. The highest BCUT2D eigenvalue weighted by atomic mass is 19.1. The number of carbonyl (C=O) groups is 1. The van der Waals surface area contributed by atoms with Gasteiger partial charge in [-0.15, -0.1) is 0 Å². The van der Waals surface area contributed by atoms with Crippen molar-refractivity contribution in [3.05, 3.63) is 47.0 Å². The number of morpholine rings is 1. The van der Waals surface area contributed by atoms with Gasteiger partial charge in [0.15, 0.2) is 0 Å². The number of benzene rings is 1. The average molecular weight is 328 g/mol. The molecular weight excluding hydrogens is 311 g/mol. The molecule has 1 fully saturated rings.